The van der Waals surface area contributed by atoms with Gasteiger partial charge in [-0.2, -0.15) is 0 Å². The molecule has 0 bridgehead atoms. The summed E-state index contributed by atoms with van der Waals surface area (Å²) in [6, 6.07) is 8.25. The summed E-state index contributed by atoms with van der Waals surface area (Å²) < 4.78 is 2.33. The number of nitrogens with zero attached hydrogens (tertiary/aromatic N) is 2. The van der Waals surface area contributed by atoms with E-state index < -0.39 is 0 Å². The molecule has 4 heteroatoms. The Morgan fingerprint density at radius 2 is 1.53 bits per heavy atom. The largest absolute Gasteiger partial charge is 0.346 e. The highest BCUT2D eigenvalue weighted by Crippen LogP contribution is 2.23. The average molecular weight is 414 g/mol. The van der Waals surface area contributed by atoms with Crippen LogP contribution in [0.25, 0.3) is 11.0 Å². The Morgan fingerprint density at radius 1 is 0.933 bits per heavy atom. The number of aromatic nitrogens is 2. The molecule has 1 atom stereocenters. The first-order valence-corrected chi connectivity index (χ1v) is 12.4. The topological polar surface area (TPSA) is 46.9 Å². The molecule has 1 N–H and O–H groups in total. The molecule has 2 aromatic rings. The normalized spacial score (nSPS) is 12.6. The van der Waals surface area contributed by atoms with Gasteiger partial charge in [-0.1, -0.05) is 84.3 Å². The maximum atomic E-state index is 12.6. The molecule has 0 fully saturated rings. The van der Waals surface area contributed by atoms with Crippen molar-refractivity contribution in [2.24, 2.45) is 5.92 Å². The number of fused-ring (bicyclic) bond motifs is 1. The third-order valence-electron chi connectivity index (χ3n) is 6.27. The highest BCUT2D eigenvalue weighted by atomic mass is 16.1. The lowest BCUT2D eigenvalue weighted by Gasteiger charge is -2.19. The van der Waals surface area contributed by atoms with Crippen molar-refractivity contribution >= 4 is 16.9 Å². The maximum absolute atomic E-state index is 12.6. The molecule has 2 rings (SSSR count). The highest BCUT2D eigenvalue weighted by Gasteiger charge is 2.21. The van der Waals surface area contributed by atoms with Gasteiger partial charge in [0.1, 0.15) is 5.82 Å². The van der Waals surface area contributed by atoms with Crippen molar-refractivity contribution in [3.8, 4) is 0 Å². The van der Waals surface area contributed by atoms with E-state index in [0.29, 0.717) is 0 Å². The van der Waals surface area contributed by atoms with Gasteiger partial charge in [0.25, 0.3) is 0 Å². The molecule has 30 heavy (non-hydrogen) atoms. The Morgan fingerprint density at radius 3 is 2.17 bits per heavy atom. The predicted molar refractivity (Wildman–Crippen MR) is 128 cm³/mol. The monoisotopic (exact) mass is 413 g/mol. The fourth-order valence-corrected chi connectivity index (χ4v) is 4.30. The number of carbonyl (C=O) groups excluding carboxylic acids is 1. The molecule has 0 spiro atoms. The number of unbranched alkanes of at least 4 members (excludes halogenated alkanes) is 8. The first kappa shape index (κ1) is 24.4. The van der Waals surface area contributed by atoms with E-state index in [0.717, 1.165) is 37.1 Å². The summed E-state index contributed by atoms with van der Waals surface area (Å²) in [5.41, 5.74) is 2.20. The number of imidazole rings is 1. The third kappa shape index (κ3) is 7.14. The Kier molecular flexibility index (Phi) is 11.0. The number of benzene rings is 1. The van der Waals surface area contributed by atoms with E-state index in [1.165, 1.54) is 56.9 Å². The van der Waals surface area contributed by atoms with Gasteiger partial charge >= 0.3 is 0 Å². The van der Waals surface area contributed by atoms with Gasteiger partial charge in [-0.25, -0.2) is 4.98 Å². The second-order valence-corrected chi connectivity index (χ2v) is 8.68. The predicted octanol–water partition coefficient (Wildman–Crippen LogP) is 7.18. The highest BCUT2D eigenvalue weighted by molar-refractivity contribution is 5.79. The number of rotatable bonds is 15. The van der Waals surface area contributed by atoms with Crippen molar-refractivity contribution in [1.82, 2.24) is 14.9 Å². The molecule has 0 aliphatic rings. The molecule has 4 nitrogen and oxygen atoms in total. The minimum absolute atomic E-state index is 0.0796. The van der Waals surface area contributed by atoms with Crippen LogP contribution < -0.4 is 5.32 Å². The second-order valence-electron chi connectivity index (χ2n) is 8.68. The van der Waals surface area contributed by atoms with Gasteiger partial charge < -0.3 is 9.88 Å². The van der Waals surface area contributed by atoms with Crippen LogP contribution in [0.4, 0.5) is 0 Å². The number of nitrogens with one attached hydrogen (secondary N) is 1. The summed E-state index contributed by atoms with van der Waals surface area (Å²) in [7, 11) is 0. The quantitative estimate of drug-likeness (QED) is 0.314. The molecule has 0 aliphatic heterocycles. The summed E-state index contributed by atoms with van der Waals surface area (Å²) in [4.78, 5) is 17.5. The van der Waals surface area contributed by atoms with E-state index >= 15 is 0 Å². The van der Waals surface area contributed by atoms with Gasteiger partial charge in [-0.3, -0.25) is 4.79 Å². The Bertz CT molecular complexity index is 748. The standard InChI is InChI=1S/C26H43N3O/c1-5-8-9-10-11-12-13-14-17-20-29-24-19-16-15-18-23(24)28-25(29)21(4)27-26(30)22(6-2)7-3/h15-16,18-19,21-22H,5-14,17,20H2,1-4H3,(H,27,30). The molecule has 1 amide bonds. The molecule has 0 aliphatic carbocycles. The van der Waals surface area contributed by atoms with Crippen LogP contribution in [-0.2, 0) is 11.3 Å². The van der Waals surface area contributed by atoms with Crippen molar-refractivity contribution in [2.75, 3.05) is 0 Å². The van der Waals surface area contributed by atoms with Gasteiger partial charge in [0, 0.05) is 12.5 Å². The van der Waals surface area contributed by atoms with E-state index in [-0.39, 0.29) is 17.9 Å². The zero-order valence-corrected chi connectivity index (χ0v) is 19.8. The number of aryl methyl sites for hydroxylation is 1. The number of amides is 1. The smallest absolute Gasteiger partial charge is 0.223 e. The van der Waals surface area contributed by atoms with E-state index in [1.807, 2.05) is 6.07 Å². The van der Waals surface area contributed by atoms with Crippen LogP contribution in [0.3, 0.4) is 0 Å². The van der Waals surface area contributed by atoms with E-state index in [4.69, 9.17) is 4.98 Å². The van der Waals surface area contributed by atoms with E-state index in [9.17, 15) is 4.79 Å². The van der Waals surface area contributed by atoms with Crippen molar-refractivity contribution in [2.45, 2.75) is 111 Å². The van der Waals surface area contributed by atoms with Crippen molar-refractivity contribution < 1.29 is 4.79 Å². The van der Waals surface area contributed by atoms with E-state index in [2.05, 4.69) is 55.8 Å². The zero-order chi connectivity index (χ0) is 21.8. The van der Waals surface area contributed by atoms with Gasteiger partial charge in [-0.05, 0) is 38.3 Å². The van der Waals surface area contributed by atoms with Gasteiger partial charge in [0.2, 0.25) is 5.91 Å². The lowest BCUT2D eigenvalue weighted by Crippen LogP contribution is -2.33. The minimum Gasteiger partial charge on any atom is -0.346 e. The summed E-state index contributed by atoms with van der Waals surface area (Å²) in [5.74, 6) is 1.21. The molecule has 0 saturated heterocycles. The summed E-state index contributed by atoms with van der Waals surface area (Å²) in [5, 5.41) is 3.21. The van der Waals surface area contributed by atoms with Crippen LogP contribution >= 0.6 is 0 Å². The second kappa shape index (κ2) is 13.5. The summed E-state index contributed by atoms with van der Waals surface area (Å²) in [6.07, 6.45) is 13.7. The number of hydrogen-bond acceptors (Lipinski definition) is 2. The maximum Gasteiger partial charge on any atom is 0.223 e. The fraction of sp³-hybridized carbons (Fsp3) is 0.692. The van der Waals surface area contributed by atoms with Crippen molar-refractivity contribution in [1.29, 1.82) is 0 Å². The first-order chi connectivity index (χ1) is 14.6. The van der Waals surface area contributed by atoms with Gasteiger partial charge in [0.15, 0.2) is 0 Å². The Balaban J connectivity index is 1.95. The fourth-order valence-electron chi connectivity index (χ4n) is 4.30. The average Bonchev–Trinajstić information content (AvgIpc) is 3.12. The molecule has 1 aromatic heterocycles. The summed E-state index contributed by atoms with van der Waals surface area (Å²) >= 11 is 0. The summed E-state index contributed by atoms with van der Waals surface area (Å²) in [6.45, 7) is 9.46. The SMILES string of the molecule is CCCCCCCCCCCn1c(C(C)NC(=O)C(CC)CC)nc2ccccc21. The molecule has 0 saturated carbocycles. The lowest BCUT2D eigenvalue weighted by atomic mass is 10.0. The molecule has 0 radical (unpaired) electrons. The minimum atomic E-state index is -0.0796. The number of carbonyl (C=O) groups is 1. The van der Waals surface area contributed by atoms with E-state index in [1.54, 1.807) is 0 Å². The first-order valence-electron chi connectivity index (χ1n) is 12.4. The lowest BCUT2D eigenvalue weighted by molar-refractivity contribution is -0.125. The number of para-hydroxylation sites is 2. The van der Waals surface area contributed by atoms with Crippen LogP contribution in [-0.4, -0.2) is 15.5 Å². The Labute approximate surface area is 183 Å². The molecule has 1 unspecified atom stereocenters. The van der Waals surface area contributed by atoms with Crippen LogP contribution in [0.5, 0.6) is 0 Å². The van der Waals surface area contributed by atoms with Crippen molar-refractivity contribution in [3.63, 3.8) is 0 Å². The van der Waals surface area contributed by atoms with Crippen LogP contribution in [0.1, 0.15) is 110 Å². The van der Waals surface area contributed by atoms with Gasteiger partial charge in [-0.15, -0.1) is 0 Å². The van der Waals surface area contributed by atoms with Crippen LogP contribution in [0.15, 0.2) is 24.3 Å². The van der Waals surface area contributed by atoms with Gasteiger partial charge in [0.05, 0.1) is 17.1 Å². The molecule has 1 heterocycles. The molecule has 1 aromatic carbocycles. The molecule has 168 valence electrons. The molecular formula is C26H43N3O. The third-order valence-corrected chi connectivity index (χ3v) is 6.27. The number of hydrogen-bond donors (Lipinski definition) is 1. The van der Waals surface area contributed by atoms with Crippen LogP contribution in [0.2, 0.25) is 0 Å². The Hall–Kier alpha value is -1.84. The zero-order valence-electron chi connectivity index (χ0n) is 19.8. The van der Waals surface area contributed by atoms with Crippen molar-refractivity contribution in [3.05, 3.63) is 30.1 Å². The van der Waals surface area contributed by atoms with Crippen LogP contribution in [0, 0.1) is 5.92 Å². The molecular weight excluding hydrogens is 370 g/mol.